The van der Waals surface area contributed by atoms with Gasteiger partial charge in [0, 0.05) is 12.5 Å². The van der Waals surface area contributed by atoms with Crippen molar-refractivity contribution in [3.05, 3.63) is 35.4 Å². The Morgan fingerprint density at radius 1 is 1.31 bits per heavy atom. The number of hydrogen-bond donors (Lipinski definition) is 1. The molecule has 1 aliphatic heterocycles. The molecule has 2 nitrogen and oxygen atoms in total. The summed E-state index contributed by atoms with van der Waals surface area (Å²) >= 11 is 0. The van der Waals surface area contributed by atoms with Gasteiger partial charge in [-0.15, -0.1) is 0 Å². The van der Waals surface area contributed by atoms with Crippen LogP contribution in [0.3, 0.4) is 0 Å². The van der Waals surface area contributed by atoms with Crippen LogP contribution in [0.1, 0.15) is 43.7 Å². The maximum Gasteiger partial charge on any atom is 0.220 e. The van der Waals surface area contributed by atoms with Gasteiger partial charge in [0.15, 0.2) is 0 Å². The Labute approximate surface area is 97.1 Å². The maximum absolute atomic E-state index is 11.1. The van der Waals surface area contributed by atoms with Crippen molar-refractivity contribution in [3.63, 3.8) is 0 Å². The molecule has 0 aromatic heterocycles. The Bertz CT molecular complexity index is 367. The first-order chi connectivity index (χ1) is 7.65. The topological polar surface area (TPSA) is 29.1 Å². The lowest BCUT2D eigenvalue weighted by atomic mass is 9.99. The second kappa shape index (κ2) is 4.69. The zero-order valence-electron chi connectivity index (χ0n) is 9.99. The molecule has 1 fully saturated rings. The number of benzene rings is 1. The standard InChI is InChI=1S/C14H19NO/c1-10(2)12-5-3-11(4-6-12)9-13-7-8-14(16)15-13/h3-6,10,13H,7-9H2,1-2H3,(H,15,16). The number of hydrogen-bond acceptors (Lipinski definition) is 1. The average Bonchev–Trinajstić information content (AvgIpc) is 2.65. The second-order valence-corrected chi connectivity index (χ2v) is 4.90. The molecule has 1 aliphatic rings. The highest BCUT2D eigenvalue weighted by Crippen LogP contribution is 2.17. The van der Waals surface area contributed by atoms with Crippen LogP contribution in [0.4, 0.5) is 0 Å². The van der Waals surface area contributed by atoms with E-state index in [1.165, 1.54) is 11.1 Å². The highest BCUT2D eigenvalue weighted by molar-refractivity contribution is 5.78. The van der Waals surface area contributed by atoms with Crippen LogP contribution in [0.15, 0.2) is 24.3 Å². The normalized spacial score (nSPS) is 20.2. The Morgan fingerprint density at radius 3 is 2.50 bits per heavy atom. The Hall–Kier alpha value is -1.31. The lowest BCUT2D eigenvalue weighted by Crippen LogP contribution is -2.27. The molecule has 1 atom stereocenters. The minimum absolute atomic E-state index is 0.198. The average molecular weight is 217 g/mol. The molecule has 1 aromatic rings. The summed E-state index contributed by atoms with van der Waals surface area (Å²) in [5.74, 6) is 0.782. The van der Waals surface area contributed by atoms with Crippen LogP contribution in [0.5, 0.6) is 0 Å². The summed E-state index contributed by atoms with van der Waals surface area (Å²) in [4.78, 5) is 11.1. The molecule has 1 N–H and O–H groups in total. The Kier molecular flexibility index (Phi) is 3.28. The zero-order valence-corrected chi connectivity index (χ0v) is 9.99. The molecule has 86 valence electrons. The van der Waals surface area contributed by atoms with Crippen LogP contribution >= 0.6 is 0 Å². The van der Waals surface area contributed by atoms with Crippen LogP contribution in [0.2, 0.25) is 0 Å². The third-order valence-corrected chi connectivity index (χ3v) is 3.21. The minimum atomic E-state index is 0.198. The molecular formula is C14H19NO. The van der Waals surface area contributed by atoms with E-state index in [9.17, 15) is 4.79 Å². The quantitative estimate of drug-likeness (QED) is 0.828. The van der Waals surface area contributed by atoms with Gasteiger partial charge in [0.2, 0.25) is 5.91 Å². The van der Waals surface area contributed by atoms with Gasteiger partial charge >= 0.3 is 0 Å². The van der Waals surface area contributed by atoms with Crippen molar-refractivity contribution < 1.29 is 4.79 Å². The zero-order chi connectivity index (χ0) is 11.5. The van der Waals surface area contributed by atoms with Gasteiger partial charge in [-0.2, -0.15) is 0 Å². The van der Waals surface area contributed by atoms with Crippen LogP contribution in [0, 0.1) is 0 Å². The fourth-order valence-electron chi connectivity index (χ4n) is 2.15. The SMILES string of the molecule is CC(C)c1ccc(CC2CCC(=O)N2)cc1. The van der Waals surface area contributed by atoms with Gasteiger partial charge in [-0.25, -0.2) is 0 Å². The molecule has 1 heterocycles. The fraction of sp³-hybridized carbons (Fsp3) is 0.500. The fourth-order valence-corrected chi connectivity index (χ4v) is 2.15. The Morgan fingerprint density at radius 2 is 2.00 bits per heavy atom. The minimum Gasteiger partial charge on any atom is -0.353 e. The van der Waals surface area contributed by atoms with E-state index in [1.54, 1.807) is 0 Å². The van der Waals surface area contributed by atoms with E-state index in [0.29, 0.717) is 18.4 Å². The number of amides is 1. The summed E-state index contributed by atoms with van der Waals surface area (Å²) in [6.07, 6.45) is 2.63. The van der Waals surface area contributed by atoms with Gasteiger partial charge in [0.05, 0.1) is 0 Å². The van der Waals surface area contributed by atoms with E-state index in [0.717, 1.165) is 12.8 Å². The van der Waals surface area contributed by atoms with Gasteiger partial charge in [0.1, 0.15) is 0 Å². The summed E-state index contributed by atoms with van der Waals surface area (Å²) in [5, 5.41) is 3.00. The molecule has 1 unspecified atom stereocenters. The smallest absolute Gasteiger partial charge is 0.220 e. The monoisotopic (exact) mass is 217 g/mol. The maximum atomic E-state index is 11.1. The lowest BCUT2D eigenvalue weighted by molar-refractivity contribution is -0.119. The first-order valence-corrected chi connectivity index (χ1v) is 6.03. The lowest BCUT2D eigenvalue weighted by Gasteiger charge is -2.11. The summed E-state index contributed by atoms with van der Waals surface area (Å²) < 4.78 is 0. The van der Waals surface area contributed by atoms with E-state index < -0.39 is 0 Å². The first kappa shape index (κ1) is 11.2. The van der Waals surface area contributed by atoms with Gasteiger partial charge in [-0.05, 0) is 29.9 Å². The number of carbonyl (C=O) groups is 1. The molecule has 0 aliphatic carbocycles. The molecule has 0 bridgehead atoms. The van der Waals surface area contributed by atoms with Gasteiger partial charge in [0.25, 0.3) is 0 Å². The largest absolute Gasteiger partial charge is 0.353 e. The van der Waals surface area contributed by atoms with Crippen LogP contribution in [0.25, 0.3) is 0 Å². The summed E-state index contributed by atoms with van der Waals surface area (Å²) in [5.41, 5.74) is 2.69. The number of nitrogens with one attached hydrogen (secondary N) is 1. The van der Waals surface area contributed by atoms with Crippen molar-refractivity contribution in [2.75, 3.05) is 0 Å². The van der Waals surface area contributed by atoms with Crippen molar-refractivity contribution in [2.45, 2.75) is 45.1 Å². The van der Waals surface area contributed by atoms with Gasteiger partial charge in [-0.3, -0.25) is 4.79 Å². The molecule has 16 heavy (non-hydrogen) atoms. The Balaban J connectivity index is 1.97. The molecule has 2 heteroatoms. The van der Waals surface area contributed by atoms with Crippen molar-refractivity contribution in [3.8, 4) is 0 Å². The first-order valence-electron chi connectivity index (χ1n) is 6.03. The van der Waals surface area contributed by atoms with Gasteiger partial charge < -0.3 is 5.32 Å². The summed E-state index contributed by atoms with van der Waals surface area (Å²) in [6.45, 7) is 4.40. The van der Waals surface area contributed by atoms with Crippen molar-refractivity contribution in [2.24, 2.45) is 0 Å². The third kappa shape index (κ3) is 2.63. The molecule has 0 spiro atoms. The molecule has 2 rings (SSSR count). The molecule has 1 aromatic carbocycles. The van der Waals surface area contributed by atoms with Crippen LogP contribution in [-0.4, -0.2) is 11.9 Å². The highest BCUT2D eigenvalue weighted by atomic mass is 16.1. The predicted octanol–water partition coefficient (Wildman–Crippen LogP) is 2.63. The van der Waals surface area contributed by atoms with E-state index >= 15 is 0 Å². The summed E-state index contributed by atoms with van der Waals surface area (Å²) in [7, 11) is 0. The highest BCUT2D eigenvalue weighted by Gasteiger charge is 2.20. The van der Waals surface area contributed by atoms with E-state index in [2.05, 4.69) is 43.4 Å². The molecular weight excluding hydrogens is 198 g/mol. The van der Waals surface area contributed by atoms with Crippen molar-refractivity contribution in [1.29, 1.82) is 0 Å². The number of carbonyl (C=O) groups excluding carboxylic acids is 1. The van der Waals surface area contributed by atoms with E-state index in [4.69, 9.17) is 0 Å². The molecule has 0 radical (unpaired) electrons. The van der Waals surface area contributed by atoms with Crippen LogP contribution < -0.4 is 5.32 Å². The second-order valence-electron chi connectivity index (χ2n) is 4.90. The van der Waals surface area contributed by atoms with Crippen molar-refractivity contribution >= 4 is 5.91 Å². The van der Waals surface area contributed by atoms with E-state index in [-0.39, 0.29) is 5.91 Å². The van der Waals surface area contributed by atoms with Gasteiger partial charge in [-0.1, -0.05) is 38.1 Å². The number of rotatable bonds is 3. The van der Waals surface area contributed by atoms with Crippen molar-refractivity contribution in [1.82, 2.24) is 5.32 Å². The third-order valence-electron chi connectivity index (χ3n) is 3.21. The molecule has 1 amide bonds. The molecule has 1 saturated heterocycles. The van der Waals surface area contributed by atoms with E-state index in [1.807, 2.05) is 0 Å². The predicted molar refractivity (Wildman–Crippen MR) is 65.4 cm³/mol. The summed E-state index contributed by atoms with van der Waals surface area (Å²) in [6, 6.07) is 9.09. The molecule has 0 saturated carbocycles. The van der Waals surface area contributed by atoms with Crippen LogP contribution in [-0.2, 0) is 11.2 Å².